The minimum atomic E-state index is 0.162. The fraction of sp³-hybridized carbons (Fsp3) is 0.300. The van der Waals surface area contributed by atoms with Gasteiger partial charge in [0.25, 0.3) is 0 Å². The summed E-state index contributed by atoms with van der Waals surface area (Å²) < 4.78 is 0. The van der Waals surface area contributed by atoms with Gasteiger partial charge in [-0.2, -0.15) is 0 Å². The second-order valence-electron chi connectivity index (χ2n) is 2.92. The van der Waals surface area contributed by atoms with Crippen molar-refractivity contribution < 1.29 is 10.3 Å². The van der Waals surface area contributed by atoms with E-state index in [1.54, 1.807) is 12.1 Å². The summed E-state index contributed by atoms with van der Waals surface area (Å²) in [6.07, 6.45) is 0.590. The van der Waals surface area contributed by atoms with Crippen LogP contribution in [0.15, 0.2) is 23.4 Å². The number of hydrogen-bond acceptors (Lipinski definition) is 3. The molecule has 13 heavy (non-hydrogen) atoms. The van der Waals surface area contributed by atoms with E-state index in [9.17, 15) is 5.11 Å². The van der Waals surface area contributed by atoms with Crippen LogP contribution in [0.2, 0.25) is 0 Å². The molecule has 0 atom stereocenters. The molecule has 0 bridgehead atoms. The van der Waals surface area contributed by atoms with Crippen molar-refractivity contribution >= 4 is 5.71 Å². The number of oxime groups is 1. The van der Waals surface area contributed by atoms with Gasteiger partial charge in [-0.3, -0.25) is 0 Å². The van der Waals surface area contributed by atoms with Gasteiger partial charge in [0.05, 0.1) is 5.71 Å². The normalized spacial score (nSPS) is 11.7. The highest BCUT2D eigenvalue weighted by Gasteiger charge is 2.06. The fourth-order valence-electron chi connectivity index (χ4n) is 1.20. The lowest BCUT2D eigenvalue weighted by Crippen LogP contribution is -1.99. The number of phenols is 1. The molecule has 0 aromatic heterocycles. The zero-order chi connectivity index (χ0) is 9.84. The van der Waals surface area contributed by atoms with Crippen LogP contribution in [0.4, 0.5) is 0 Å². The summed E-state index contributed by atoms with van der Waals surface area (Å²) in [7, 11) is 0. The molecule has 0 heterocycles. The molecule has 0 aliphatic rings. The molecule has 0 radical (unpaired) electrons. The highest BCUT2D eigenvalue weighted by atomic mass is 16.4. The third kappa shape index (κ3) is 1.99. The average molecular weight is 179 g/mol. The van der Waals surface area contributed by atoms with Gasteiger partial charge in [-0.1, -0.05) is 18.1 Å². The van der Waals surface area contributed by atoms with E-state index < -0.39 is 0 Å². The summed E-state index contributed by atoms with van der Waals surface area (Å²) in [5, 5.41) is 21.3. The van der Waals surface area contributed by atoms with Crippen molar-refractivity contribution in [2.75, 3.05) is 0 Å². The number of aromatic hydroxyl groups is 1. The Morgan fingerprint density at radius 3 is 2.62 bits per heavy atom. The maximum atomic E-state index is 9.53. The van der Waals surface area contributed by atoms with Gasteiger partial charge >= 0.3 is 0 Å². The van der Waals surface area contributed by atoms with E-state index in [-0.39, 0.29) is 5.75 Å². The van der Waals surface area contributed by atoms with Crippen molar-refractivity contribution in [3.8, 4) is 5.75 Å². The van der Waals surface area contributed by atoms with Crippen LogP contribution in [0.1, 0.15) is 24.5 Å². The van der Waals surface area contributed by atoms with Crippen LogP contribution in [-0.2, 0) is 0 Å². The lowest BCUT2D eigenvalue weighted by molar-refractivity contribution is 0.318. The van der Waals surface area contributed by atoms with Crippen molar-refractivity contribution in [2.45, 2.75) is 20.3 Å². The van der Waals surface area contributed by atoms with Crippen LogP contribution in [0, 0.1) is 6.92 Å². The zero-order valence-electron chi connectivity index (χ0n) is 7.78. The van der Waals surface area contributed by atoms with Crippen molar-refractivity contribution in [3.63, 3.8) is 0 Å². The van der Waals surface area contributed by atoms with Gasteiger partial charge in [0.15, 0.2) is 0 Å². The van der Waals surface area contributed by atoms with Gasteiger partial charge in [0.1, 0.15) is 5.75 Å². The first kappa shape index (κ1) is 9.58. The van der Waals surface area contributed by atoms with Crippen molar-refractivity contribution in [2.24, 2.45) is 5.16 Å². The summed E-state index contributed by atoms with van der Waals surface area (Å²) in [6.45, 7) is 3.76. The van der Waals surface area contributed by atoms with E-state index in [1.807, 2.05) is 19.9 Å². The molecule has 1 aromatic rings. The number of rotatable bonds is 2. The van der Waals surface area contributed by atoms with E-state index in [1.165, 1.54) is 0 Å². The van der Waals surface area contributed by atoms with E-state index in [2.05, 4.69) is 5.16 Å². The second-order valence-corrected chi connectivity index (χ2v) is 2.92. The Morgan fingerprint density at radius 1 is 1.46 bits per heavy atom. The minimum Gasteiger partial charge on any atom is -0.507 e. The third-order valence-electron chi connectivity index (χ3n) is 1.92. The molecule has 0 unspecified atom stereocenters. The molecule has 0 aliphatic heterocycles. The lowest BCUT2D eigenvalue weighted by Gasteiger charge is -2.04. The largest absolute Gasteiger partial charge is 0.507 e. The van der Waals surface area contributed by atoms with Crippen LogP contribution in [0.25, 0.3) is 0 Å². The first-order valence-corrected chi connectivity index (χ1v) is 4.20. The molecule has 2 N–H and O–H groups in total. The number of nitrogens with zero attached hydrogens (tertiary/aromatic N) is 1. The minimum absolute atomic E-state index is 0.162. The number of phenolic OH excluding ortho intramolecular Hbond substituents is 1. The van der Waals surface area contributed by atoms with Crippen LogP contribution in [-0.4, -0.2) is 16.0 Å². The second kappa shape index (κ2) is 3.94. The summed E-state index contributed by atoms with van der Waals surface area (Å²) in [4.78, 5) is 0. The maximum Gasteiger partial charge on any atom is 0.125 e. The maximum absolute atomic E-state index is 9.53. The van der Waals surface area contributed by atoms with Crippen molar-refractivity contribution in [1.29, 1.82) is 0 Å². The van der Waals surface area contributed by atoms with Gasteiger partial charge in [-0.05, 0) is 31.0 Å². The first-order valence-electron chi connectivity index (χ1n) is 4.20. The molecule has 70 valence electrons. The summed E-state index contributed by atoms with van der Waals surface area (Å²) in [5.74, 6) is 0.162. The molecule has 0 fully saturated rings. The molecular formula is C10H13NO2. The Labute approximate surface area is 77.3 Å². The van der Waals surface area contributed by atoms with E-state index in [0.29, 0.717) is 17.7 Å². The predicted octanol–water partition coefficient (Wildman–Crippen LogP) is 2.29. The van der Waals surface area contributed by atoms with E-state index in [0.717, 1.165) is 5.56 Å². The number of benzene rings is 1. The van der Waals surface area contributed by atoms with E-state index >= 15 is 0 Å². The monoisotopic (exact) mass is 179 g/mol. The topological polar surface area (TPSA) is 52.8 Å². The molecule has 1 rings (SSSR count). The molecule has 0 saturated carbocycles. The van der Waals surface area contributed by atoms with Gasteiger partial charge < -0.3 is 10.3 Å². The molecule has 0 saturated heterocycles. The zero-order valence-corrected chi connectivity index (χ0v) is 7.78. The van der Waals surface area contributed by atoms with Crippen molar-refractivity contribution in [1.82, 2.24) is 0 Å². The molecule has 1 aromatic carbocycles. The predicted molar refractivity (Wildman–Crippen MR) is 51.5 cm³/mol. The van der Waals surface area contributed by atoms with Gasteiger partial charge in [-0.15, -0.1) is 0 Å². The lowest BCUT2D eigenvalue weighted by atomic mass is 10.1. The van der Waals surface area contributed by atoms with Gasteiger partial charge in [0, 0.05) is 5.56 Å². The van der Waals surface area contributed by atoms with Crippen LogP contribution in [0.3, 0.4) is 0 Å². The van der Waals surface area contributed by atoms with Crippen molar-refractivity contribution in [3.05, 3.63) is 29.3 Å². The quantitative estimate of drug-likeness (QED) is 0.415. The van der Waals surface area contributed by atoms with Crippen LogP contribution >= 0.6 is 0 Å². The summed E-state index contributed by atoms with van der Waals surface area (Å²) >= 11 is 0. The average Bonchev–Trinajstić information content (AvgIpc) is 2.10. The summed E-state index contributed by atoms with van der Waals surface area (Å²) in [5.41, 5.74) is 2.07. The Morgan fingerprint density at radius 2 is 2.15 bits per heavy atom. The number of aryl methyl sites for hydroxylation is 1. The fourth-order valence-corrected chi connectivity index (χ4v) is 1.20. The van der Waals surface area contributed by atoms with Crippen LogP contribution in [0.5, 0.6) is 5.75 Å². The summed E-state index contributed by atoms with van der Waals surface area (Å²) in [6, 6.07) is 5.27. The Bertz CT molecular complexity index is 332. The Kier molecular flexibility index (Phi) is 2.90. The third-order valence-corrected chi connectivity index (χ3v) is 1.92. The first-order chi connectivity index (χ1) is 6.19. The molecule has 0 spiro atoms. The Hall–Kier alpha value is -1.51. The molecule has 3 heteroatoms. The smallest absolute Gasteiger partial charge is 0.125 e. The van der Waals surface area contributed by atoms with Crippen LogP contribution < -0.4 is 0 Å². The van der Waals surface area contributed by atoms with E-state index in [4.69, 9.17) is 5.21 Å². The number of hydrogen-bond donors (Lipinski definition) is 2. The SMILES string of the molecule is CC/C(=N\O)c1ccc(C)cc1O. The highest BCUT2D eigenvalue weighted by Crippen LogP contribution is 2.20. The van der Waals surface area contributed by atoms with Gasteiger partial charge in [-0.25, -0.2) is 0 Å². The molecule has 0 amide bonds. The van der Waals surface area contributed by atoms with Gasteiger partial charge in [0.2, 0.25) is 0 Å². The highest BCUT2D eigenvalue weighted by molar-refractivity contribution is 6.02. The standard InChI is InChI=1S/C10H13NO2/c1-3-9(11-13)8-5-4-7(2)6-10(8)12/h4-6,12-13H,3H2,1-2H3/b11-9+. The molecular weight excluding hydrogens is 166 g/mol. The molecule has 3 nitrogen and oxygen atoms in total. The Balaban J connectivity index is 3.15. The molecule has 0 aliphatic carbocycles.